The second-order valence-electron chi connectivity index (χ2n) is 4.43. The van der Waals surface area contributed by atoms with E-state index in [0.29, 0.717) is 18.8 Å². The zero-order valence-corrected chi connectivity index (χ0v) is 10.1. The van der Waals surface area contributed by atoms with E-state index < -0.39 is 15.7 Å². The van der Waals surface area contributed by atoms with Crippen molar-refractivity contribution >= 4 is 10.2 Å². The number of hydrogen-bond acceptors (Lipinski definition) is 3. The number of aliphatic hydroxyl groups is 1. The van der Waals surface area contributed by atoms with Gasteiger partial charge in [0.25, 0.3) is 10.2 Å². The fraction of sp³-hybridized carbons (Fsp3) is 1.00. The second kappa shape index (κ2) is 4.78. The Kier molecular flexibility index (Phi) is 4.11. The molecule has 0 spiro atoms. The van der Waals surface area contributed by atoms with Crippen molar-refractivity contribution in [2.45, 2.75) is 38.1 Å². The van der Waals surface area contributed by atoms with Gasteiger partial charge in [0, 0.05) is 7.05 Å². The Morgan fingerprint density at radius 2 is 1.93 bits per heavy atom. The molecule has 1 aliphatic carbocycles. The summed E-state index contributed by atoms with van der Waals surface area (Å²) >= 11 is 0. The monoisotopic (exact) mass is 236 g/mol. The van der Waals surface area contributed by atoms with Crippen molar-refractivity contribution in [2.24, 2.45) is 5.92 Å². The maximum atomic E-state index is 11.4. The van der Waals surface area contributed by atoms with Gasteiger partial charge in [-0.05, 0) is 31.6 Å². The highest BCUT2D eigenvalue weighted by atomic mass is 32.2. The fourth-order valence-corrected chi connectivity index (χ4v) is 2.88. The summed E-state index contributed by atoms with van der Waals surface area (Å²) < 4.78 is 27.5. The summed E-state index contributed by atoms with van der Waals surface area (Å²) in [6.45, 7) is 2.01. The van der Waals surface area contributed by atoms with Crippen LogP contribution in [0.2, 0.25) is 0 Å². The van der Waals surface area contributed by atoms with Gasteiger partial charge in [0.05, 0.1) is 12.1 Å². The quantitative estimate of drug-likeness (QED) is 0.642. The van der Waals surface area contributed by atoms with Gasteiger partial charge in [-0.15, -0.1) is 0 Å². The van der Waals surface area contributed by atoms with Crippen molar-refractivity contribution in [2.75, 3.05) is 13.7 Å². The van der Waals surface area contributed by atoms with Crippen LogP contribution in [0.3, 0.4) is 0 Å². The van der Waals surface area contributed by atoms with Crippen molar-refractivity contribution in [3.63, 3.8) is 0 Å². The molecule has 0 heterocycles. The van der Waals surface area contributed by atoms with Gasteiger partial charge < -0.3 is 5.11 Å². The van der Waals surface area contributed by atoms with Gasteiger partial charge in [0.15, 0.2) is 0 Å². The van der Waals surface area contributed by atoms with E-state index in [1.54, 1.807) is 0 Å². The molecule has 0 aliphatic heterocycles. The van der Waals surface area contributed by atoms with Crippen LogP contribution in [0.25, 0.3) is 0 Å². The van der Waals surface area contributed by atoms with Gasteiger partial charge in [0.1, 0.15) is 0 Å². The first-order chi connectivity index (χ1) is 6.93. The van der Waals surface area contributed by atoms with Crippen molar-refractivity contribution < 1.29 is 13.5 Å². The van der Waals surface area contributed by atoms with E-state index in [4.69, 9.17) is 0 Å². The fourth-order valence-electron chi connectivity index (χ4n) is 1.94. The van der Waals surface area contributed by atoms with Crippen LogP contribution in [0.1, 0.15) is 32.6 Å². The van der Waals surface area contributed by atoms with Crippen LogP contribution in [0, 0.1) is 5.92 Å². The summed E-state index contributed by atoms with van der Waals surface area (Å²) in [5.41, 5.74) is -0.658. The van der Waals surface area contributed by atoms with E-state index in [1.807, 2.05) is 0 Å². The molecule has 0 unspecified atom stereocenters. The van der Waals surface area contributed by atoms with Crippen LogP contribution in [0.5, 0.6) is 0 Å². The smallest absolute Gasteiger partial charge is 0.277 e. The molecule has 0 aromatic heterocycles. The lowest BCUT2D eigenvalue weighted by Gasteiger charge is -2.38. The summed E-state index contributed by atoms with van der Waals surface area (Å²) in [5.74, 6) is 0.615. The highest BCUT2D eigenvalue weighted by molar-refractivity contribution is 7.87. The van der Waals surface area contributed by atoms with Crippen LogP contribution in [0.4, 0.5) is 0 Å². The highest BCUT2D eigenvalue weighted by Crippen LogP contribution is 2.31. The van der Waals surface area contributed by atoms with Gasteiger partial charge >= 0.3 is 0 Å². The number of hydrogen-bond donors (Lipinski definition) is 3. The average molecular weight is 236 g/mol. The Morgan fingerprint density at radius 1 is 1.40 bits per heavy atom. The molecule has 0 atom stereocenters. The van der Waals surface area contributed by atoms with Gasteiger partial charge in [-0.1, -0.05) is 6.92 Å². The third kappa shape index (κ3) is 3.41. The molecule has 3 N–H and O–H groups in total. The molecule has 0 aromatic carbocycles. The molecule has 1 saturated carbocycles. The first kappa shape index (κ1) is 12.9. The highest BCUT2D eigenvalue weighted by Gasteiger charge is 2.36. The zero-order chi connectivity index (χ0) is 11.5. The van der Waals surface area contributed by atoms with E-state index in [9.17, 15) is 13.5 Å². The molecule has 90 valence electrons. The maximum Gasteiger partial charge on any atom is 0.277 e. The summed E-state index contributed by atoms with van der Waals surface area (Å²) in [6.07, 6.45) is 3.30. The zero-order valence-electron chi connectivity index (χ0n) is 9.28. The van der Waals surface area contributed by atoms with Crippen LogP contribution >= 0.6 is 0 Å². The Bertz CT molecular complexity index is 294. The first-order valence-corrected chi connectivity index (χ1v) is 6.75. The predicted molar refractivity (Wildman–Crippen MR) is 58.6 cm³/mol. The molecule has 1 fully saturated rings. The van der Waals surface area contributed by atoms with Crippen molar-refractivity contribution in [1.29, 1.82) is 0 Å². The van der Waals surface area contributed by atoms with E-state index in [-0.39, 0.29) is 6.61 Å². The molecule has 15 heavy (non-hydrogen) atoms. The molecule has 1 rings (SSSR count). The average Bonchev–Trinajstić information content (AvgIpc) is 2.22. The molecule has 1 aliphatic rings. The van der Waals surface area contributed by atoms with Crippen molar-refractivity contribution in [3.05, 3.63) is 0 Å². The summed E-state index contributed by atoms with van der Waals surface area (Å²) in [7, 11) is -2.11. The lowest BCUT2D eigenvalue weighted by Crippen LogP contribution is -2.55. The van der Waals surface area contributed by atoms with E-state index in [2.05, 4.69) is 16.4 Å². The van der Waals surface area contributed by atoms with E-state index in [0.717, 1.165) is 12.8 Å². The first-order valence-electron chi connectivity index (χ1n) is 5.26. The molecule has 0 amide bonds. The molecule has 5 nitrogen and oxygen atoms in total. The predicted octanol–water partition coefficient (Wildman–Crippen LogP) is -0.0186. The van der Waals surface area contributed by atoms with Crippen LogP contribution in [0.15, 0.2) is 0 Å². The Hall–Kier alpha value is -0.170. The van der Waals surface area contributed by atoms with E-state index in [1.165, 1.54) is 7.05 Å². The summed E-state index contributed by atoms with van der Waals surface area (Å²) in [4.78, 5) is 0. The van der Waals surface area contributed by atoms with Crippen LogP contribution in [-0.4, -0.2) is 32.7 Å². The summed E-state index contributed by atoms with van der Waals surface area (Å²) in [6, 6.07) is 0. The Morgan fingerprint density at radius 3 is 2.33 bits per heavy atom. The topological polar surface area (TPSA) is 78.4 Å². The molecular weight excluding hydrogens is 216 g/mol. The minimum Gasteiger partial charge on any atom is -0.394 e. The minimum atomic E-state index is -3.47. The number of rotatable bonds is 4. The third-order valence-electron chi connectivity index (χ3n) is 3.15. The van der Waals surface area contributed by atoms with E-state index >= 15 is 0 Å². The molecule has 0 saturated heterocycles. The normalized spacial score (nSPS) is 32.9. The molecular formula is C9H20N2O3S. The third-order valence-corrected chi connectivity index (χ3v) is 4.39. The SMILES string of the molecule is CNS(=O)(=O)NC1(CO)CCC(C)CC1. The second-order valence-corrected chi connectivity index (χ2v) is 6.05. The number of nitrogens with one attached hydrogen (secondary N) is 2. The minimum absolute atomic E-state index is 0.138. The molecule has 6 heteroatoms. The standard InChI is InChI=1S/C9H20N2O3S/c1-8-3-5-9(7-12,6-4-8)11-15(13,14)10-2/h8,10-12H,3-7H2,1-2H3. The van der Waals surface area contributed by atoms with Crippen LogP contribution in [-0.2, 0) is 10.2 Å². The van der Waals surface area contributed by atoms with Crippen molar-refractivity contribution in [3.8, 4) is 0 Å². The summed E-state index contributed by atoms with van der Waals surface area (Å²) in [5, 5.41) is 9.33. The molecule has 0 radical (unpaired) electrons. The molecule has 0 aromatic rings. The lowest BCUT2D eigenvalue weighted by atomic mass is 9.78. The Balaban J connectivity index is 2.70. The van der Waals surface area contributed by atoms with Gasteiger partial charge in [-0.3, -0.25) is 0 Å². The largest absolute Gasteiger partial charge is 0.394 e. The van der Waals surface area contributed by atoms with Gasteiger partial charge in [0.2, 0.25) is 0 Å². The maximum absolute atomic E-state index is 11.4. The molecule has 0 bridgehead atoms. The van der Waals surface area contributed by atoms with Crippen LogP contribution < -0.4 is 9.44 Å². The Labute approximate surface area is 91.4 Å². The van der Waals surface area contributed by atoms with Gasteiger partial charge in [-0.2, -0.15) is 13.1 Å². The number of aliphatic hydroxyl groups excluding tert-OH is 1. The lowest BCUT2D eigenvalue weighted by molar-refractivity contribution is 0.125. The van der Waals surface area contributed by atoms with Crippen molar-refractivity contribution in [1.82, 2.24) is 9.44 Å². The van der Waals surface area contributed by atoms with Gasteiger partial charge in [-0.25, -0.2) is 4.72 Å².